The molecule has 0 amide bonds. The maximum absolute atomic E-state index is 10.8. The van der Waals surface area contributed by atoms with E-state index in [1.54, 1.807) is 0 Å². The van der Waals surface area contributed by atoms with E-state index in [1.807, 2.05) is 6.92 Å². The van der Waals surface area contributed by atoms with Crippen molar-refractivity contribution in [1.29, 1.82) is 0 Å². The van der Waals surface area contributed by atoms with E-state index in [1.165, 1.54) is 12.0 Å². The zero-order valence-corrected chi connectivity index (χ0v) is 9.67. The number of hydrogen-bond acceptors (Lipinski definition) is 2. The summed E-state index contributed by atoms with van der Waals surface area (Å²) in [6.07, 6.45) is 6.36. The van der Waals surface area contributed by atoms with Gasteiger partial charge in [0.1, 0.15) is 0 Å². The lowest BCUT2D eigenvalue weighted by atomic mass is 9.83. The lowest BCUT2D eigenvalue weighted by molar-refractivity contribution is -0.105. The molecule has 2 aliphatic rings. The minimum atomic E-state index is -0.608. The molecule has 0 aliphatic heterocycles. The second-order valence-corrected chi connectivity index (χ2v) is 4.93. The van der Waals surface area contributed by atoms with E-state index < -0.39 is 5.60 Å². The topological polar surface area (TPSA) is 29.5 Å². The third-order valence-corrected chi connectivity index (χ3v) is 4.06. The van der Waals surface area contributed by atoms with Gasteiger partial charge in [0.25, 0.3) is 0 Å². The zero-order valence-electron chi connectivity index (χ0n) is 9.67. The molecule has 0 bridgehead atoms. The van der Waals surface area contributed by atoms with E-state index in [2.05, 4.69) is 6.58 Å². The molecule has 2 nitrogen and oxygen atoms in total. The Hall–Kier alpha value is -0.340. The Labute approximate surface area is 92.3 Å². The summed E-state index contributed by atoms with van der Waals surface area (Å²) in [5.41, 5.74) is 0.640. The lowest BCUT2D eigenvalue weighted by Crippen LogP contribution is -2.44. The summed E-state index contributed by atoms with van der Waals surface area (Å²) in [5.74, 6) is 0.288. The van der Waals surface area contributed by atoms with Gasteiger partial charge in [0, 0.05) is 12.5 Å². The van der Waals surface area contributed by atoms with Gasteiger partial charge in [-0.15, -0.1) is 0 Å². The second kappa shape index (κ2) is 4.26. The number of hydrogen-bond donors (Lipinski definition) is 1. The van der Waals surface area contributed by atoms with Crippen molar-refractivity contribution in [2.24, 2.45) is 5.92 Å². The van der Waals surface area contributed by atoms with Crippen LogP contribution < -0.4 is 0 Å². The molecule has 0 aromatic rings. The van der Waals surface area contributed by atoms with Gasteiger partial charge in [-0.2, -0.15) is 0 Å². The molecular weight excluding hydrogens is 188 g/mol. The standard InChI is InChI=1S/C13H22O2/c1-3-15-12-8-7-11-10(2)6-4-5-9-13(11,12)14/h11-12,14H,2-9H2,1H3/t11-,12+,13+/m0/s1. The van der Waals surface area contributed by atoms with Crippen LogP contribution in [0.4, 0.5) is 0 Å². The van der Waals surface area contributed by atoms with E-state index in [4.69, 9.17) is 4.74 Å². The molecule has 15 heavy (non-hydrogen) atoms. The summed E-state index contributed by atoms with van der Waals surface area (Å²) in [4.78, 5) is 0. The van der Waals surface area contributed by atoms with Crippen LogP contribution in [0, 0.1) is 5.92 Å². The van der Waals surface area contributed by atoms with E-state index in [0.29, 0.717) is 6.61 Å². The van der Waals surface area contributed by atoms with Gasteiger partial charge in [0.2, 0.25) is 0 Å². The van der Waals surface area contributed by atoms with Gasteiger partial charge in [-0.1, -0.05) is 18.6 Å². The average Bonchev–Trinajstić information content (AvgIpc) is 2.44. The molecule has 3 atom stereocenters. The summed E-state index contributed by atoms with van der Waals surface area (Å²) in [7, 11) is 0. The highest BCUT2D eigenvalue weighted by molar-refractivity contribution is 5.16. The molecule has 0 aromatic heterocycles. The highest BCUT2D eigenvalue weighted by atomic mass is 16.5. The summed E-state index contributed by atoms with van der Waals surface area (Å²) in [6.45, 7) is 6.84. The molecule has 0 radical (unpaired) electrons. The first-order valence-corrected chi connectivity index (χ1v) is 6.20. The monoisotopic (exact) mass is 210 g/mol. The van der Waals surface area contributed by atoms with Crippen molar-refractivity contribution in [3.63, 3.8) is 0 Å². The molecule has 0 saturated heterocycles. The van der Waals surface area contributed by atoms with Crippen LogP contribution in [-0.4, -0.2) is 23.4 Å². The highest BCUT2D eigenvalue weighted by Gasteiger charge is 2.50. The smallest absolute Gasteiger partial charge is 0.0972 e. The summed E-state index contributed by atoms with van der Waals surface area (Å²) < 4.78 is 5.69. The minimum absolute atomic E-state index is 0.0438. The van der Waals surface area contributed by atoms with Crippen LogP contribution in [0.3, 0.4) is 0 Å². The first-order valence-electron chi connectivity index (χ1n) is 6.20. The predicted molar refractivity (Wildman–Crippen MR) is 60.7 cm³/mol. The van der Waals surface area contributed by atoms with Gasteiger partial charge in [0.15, 0.2) is 0 Å². The number of aliphatic hydroxyl groups is 1. The molecule has 2 saturated carbocycles. The van der Waals surface area contributed by atoms with Crippen molar-refractivity contribution in [1.82, 2.24) is 0 Å². The quantitative estimate of drug-likeness (QED) is 0.710. The van der Waals surface area contributed by atoms with Gasteiger partial charge in [0.05, 0.1) is 11.7 Å². The number of fused-ring (bicyclic) bond motifs is 1. The fraction of sp³-hybridized carbons (Fsp3) is 0.846. The van der Waals surface area contributed by atoms with Crippen molar-refractivity contribution in [2.75, 3.05) is 6.61 Å². The van der Waals surface area contributed by atoms with Gasteiger partial charge in [-0.3, -0.25) is 0 Å². The molecule has 2 heteroatoms. The second-order valence-electron chi connectivity index (χ2n) is 4.93. The highest BCUT2D eigenvalue weighted by Crippen LogP contribution is 2.47. The molecule has 0 aromatic carbocycles. The van der Waals surface area contributed by atoms with E-state index in [9.17, 15) is 5.11 Å². The fourth-order valence-electron chi connectivity index (χ4n) is 3.30. The van der Waals surface area contributed by atoms with Crippen LogP contribution >= 0.6 is 0 Å². The average molecular weight is 210 g/mol. The Kier molecular flexibility index (Phi) is 3.17. The van der Waals surface area contributed by atoms with E-state index in [0.717, 1.165) is 32.1 Å². The predicted octanol–water partition coefficient (Wildman–Crippen LogP) is 2.66. The van der Waals surface area contributed by atoms with Gasteiger partial charge in [-0.25, -0.2) is 0 Å². The molecule has 1 N–H and O–H groups in total. The van der Waals surface area contributed by atoms with Crippen molar-refractivity contribution < 1.29 is 9.84 Å². The Bertz CT molecular complexity index is 249. The third-order valence-electron chi connectivity index (χ3n) is 4.06. The normalized spacial score (nSPS) is 41.3. The molecule has 2 aliphatic carbocycles. The van der Waals surface area contributed by atoms with Gasteiger partial charge in [-0.05, 0) is 39.0 Å². The fourth-order valence-corrected chi connectivity index (χ4v) is 3.30. The Morgan fingerprint density at radius 1 is 1.47 bits per heavy atom. The van der Waals surface area contributed by atoms with Crippen LogP contribution in [0.1, 0.15) is 45.4 Å². The summed E-state index contributed by atoms with van der Waals surface area (Å²) >= 11 is 0. The summed E-state index contributed by atoms with van der Waals surface area (Å²) in [5, 5.41) is 10.8. The number of rotatable bonds is 2. The maximum Gasteiger partial charge on any atom is 0.0972 e. The summed E-state index contributed by atoms with van der Waals surface area (Å²) in [6, 6.07) is 0. The molecular formula is C13H22O2. The third kappa shape index (κ3) is 1.85. The maximum atomic E-state index is 10.8. The Balaban J connectivity index is 2.18. The number of ether oxygens (including phenoxy) is 1. The molecule has 0 unspecified atom stereocenters. The molecule has 86 valence electrons. The van der Waals surface area contributed by atoms with E-state index >= 15 is 0 Å². The first-order chi connectivity index (χ1) is 7.18. The molecule has 2 rings (SSSR count). The Morgan fingerprint density at radius 2 is 2.27 bits per heavy atom. The van der Waals surface area contributed by atoms with Crippen LogP contribution in [0.2, 0.25) is 0 Å². The largest absolute Gasteiger partial charge is 0.387 e. The first kappa shape index (κ1) is 11.2. The van der Waals surface area contributed by atoms with Crippen LogP contribution in [-0.2, 0) is 4.74 Å². The minimum Gasteiger partial charge on any atom is -0.387 e. The molecule has 0 heterocycles. The zero-order chi connectivity index (χ0) is 10.9. The molecule has 2 fully saturated rings. The van der Waals surface area contributed by atoms with Crippen molar-refractivity contribution >= 4 is 0 Å². The molecule has 0 spiro atoms. The van der Waals surface area contributed by atoms with Gasteiger partial charge >= 0.3 is 0 Å². The van der Waals surface area contributed by atoms with Crippen molar-refractivity contribution in [3.8, 4) is 0 Å². The van der Waals surface area contributed by atoms with Crippen molar-refractivity contribution in [2.45, 2.75) is 57.2 Å². The van der Waals surface area contributed by atoms with Crippen molar-refractivity contribution in [3.05, 3.63) is 12.2 Å². The van der Waals surface area contributed by atoms with Crippen LogP contribution in [0.25, 0.3) is 0 Å². The van der Waals surface area contributed by atoms with Crippen LogP contribution in [0.15, 0.2) is 12.2 Å². The SMILES string of the molecule is C=C1CCCC[C@]2(O)[C@H](OCC)CC[C@@H]12. The van der Waals surface area contributed by atoms with E-state index in [-0.39, 0.29) is 12.0 Å². The lowest BCUT2D eigenvalue weighted by Gasteiger charge is -2.34. The van der Waals surface area contributed by atoms with Gasteiger partial charge < -0.3 is 9.84 Å². The van der Waals surface area contributed by atoms with Crippen LogP contribution in [0.5, 0.6) is 0 Å². The Morgan fingerprint density at radius 3 is 3.00 bits per heavy atom.